The largest absolute Gasteiger partial charge is 0.350 e. The van der Waals surface area contributed by atoms with Crippen LogP contribution in [0.2, 0.25) is 0 Å². The van der Waals surface area contributed by atoms with Gasteiger partial charge >= 0.3 is 12.1 Å². The van der Waals surface area contributed by atoms with E-state index in [0.717, 1.165) is 28.9 Å². The molecule has 0 fully saturated rings. The zero-order valence-electron chi connectivity index (χ0n) is 12.3. The van der Waals surface area contributed by atoms with Crippen LogP contribution in [-0.2, 0) is 6.42 Å². The van der Waals surface area contributed by atoms with Gasteiger partial charge in [0.25, 0.3) is 0 Å². The van der Waals surface area contributed by atoms with E-state index < -0.39 is 12.1 Å². The molecule has 120 valence electrons. The monoisotopic (exact) mass is 314 g/mol. The summed E-state index contributed by atoms with van der Waals surface area (Å²) >= 11 is 0. The molecule has 2 aromatic rings. The molecular formula is C15H18N6O2. The van der Waals surface area contributed by atoms with Gasteiger partial charge in [-0.15, -0.1) is 0 Å². The zero-order chi connectivity index (χ0) is 16.7. The van der Waals surface area contributed by atoms with Crippen molar-refractivity contribution in [2.45, 2.75) is 6.42 Å². The lowest BCUT2D eigenvalue weighted by Crippen LogP contribution is -2.34. The fourth-order valence-corrected chi connectivity index (χ4v) is 1.92. The molecule has 0 aromatic heterocycles. The Hall–Kier alpha value is -3.42. The Balaban J connectivity index is 1.91. The summed E-state index contributed by atoms with van der Waals surface area (Å²) in [6, 6.07) is 13.9. The maximum atomic E-state index is 10.6. The Morgan fingerprint density at radius 3 is 1.35 bits per heavy atom. The average molecular weight is 314 g/mol. The highest BCUT2D eigenvalue weighted by Gasteiger charge is 1.99. The first-order chi connectivity index (χ1) is 11.0. The van der Waals surface area contributed by atoms with Crippen LogP contribution in [0, 0.1) is 0 Å². The number of primary amides is 2. The summed E-state index contributed by atoms with van der Waals surface area (Å²) in [5, 5.41) is 0. The number of carbonyl (C=O) groups excluding carboxylic acids is 2. The quantitative estimate of drug-likeness (QED) is 0.448. The molecule has 4 amide bonds. The van der Waals surface area contributed by atoms with Crippen LogP contribution in [0.3, 0.4) is 0 Å². The number of hydrogen-bond acceptors (Lipinski definition) is 4. The lowest BCUT2D eigenvalue weighted by Gasteiger charge is -2.09. The van der Waals surface area contributed by atoms with E-state index in [2.05, 4.69) is 21.7 Å². The van der Waals surface area contributed by atoms with Crippen molar-refractivity contribution < 1.29 is 9.59 Å². The Morgan fingerprint density at radius 1 is 0.696 bits per heavy atom. The Morgan fingerprint density at radius 2 is 1.04 bits per heavy atom. The number of nitrogens with one attached hydrogen (secondary N) is 4. The fraction of sp³-hybridized carbons (Fsp3) is 0.0667. The lowest BCUT2D eigenvalue weighted by atomic mass is 10.0. The van der Waals surface area contributed by atoms with Crippen molar-refractivity contribution in [3.8, 4) is 0 Å². The lowest BCUT2D eigenvalue weighted by molar-refractivity contribution is 0.250. The van der Waals surface area contributed by atoms with E-state index in [-0.39, 0.29) is 0 Å². The molecule has 0 aliphatic heterocycles. The molecule has 0 bridgehead atoms. The normalized spacial score (nSPS) is 9.74. The van der Waals surface area contributed by atoms with E-state index in [1.54, 1.807) is 0 Å². The third-order valence-electron chi connectivity index (χ3n) is 2.98. The van der Waals surface area contributed by atoms with Gasteiger partial charge in [-0.3, -0.25) is 21.7 Å². The van der Waals surface area contributed by atoms with Crippen molar-refractivity contribution in [2.75, 3.05) is 10.9 Å². The molecule has 0 aliphatic rings. The number of urea groups is 2. The van der Waals surface area contributed by atoms with Crippen molar-refractivity contribution in [1.82, 2.24) is 10.9 Å². The van der Waals surface area contributed by atoms with Gasteiger partial charge in [-0.25, -0.2) is 9.59 Å². The third-order valence-corrected chi connectivity index (χ3v) is 2.98. The molecule has 0 saturated carbocycles. The molecule has 0 atom stereocenters. The van der Waals surface area contributed by atoms with Crippen LogP contribution in [-0.4, -0.2) is 12.1 Å². The molecule has 8 heteroatoms. The van der Waals surface area contributed by atoms with Gasteiger partial charge in [0.2, 0.25) is 0 Å². The number of amides is 4. The smallest absolute Gasteiger partial charge is 0.330 e. The number of carbonyl (C=O) groups is 2. The van der Waals surface area contributed by atoms with Crippen molar-refractivity contribution >= 4 is 23.4 Å². The highest BCUT2D eigenvalue weighted by atomic mass is 16.2. The fourth-order valence-electron chi connectivity index (χ4n) is 1.92. The predicted molar refractivity (Wildman–Crippen MR) is 88.4 cm³/mol. The van der Waals surface area contributed by atoms with Gasteiger partial charge in [-0.2, -0.15) is 0 Å². The standard InChI is InChI=1S/C15H18N6O2/c16-14(22)20-18-12-5-1-10(2-6-12)9-11-3-7-13(8-4-11)19-21-15(17)23/h1-8,18-19H,9H2,(H3,16,20,22)(H3,17,21,23). The van der Waals surface area contributed by atoms with Gasteiger partial charge in [0, 0.05) is 0 Å². The van der Waals surface area contributed by atoms with E-state index in [9.17, 15) is 9.59 Å². The van der Waals surface area contributed by atoms with Crippen molar-refractivity contribution in [2.24, 2.45) is 11.5 Å². The first-order valence-electron chi connectivity index (χ1n) is 6.84. The Bertz CT molecular complexity index is 610. The maximum Gasteiger partial charge on any atom is 0.330 e. The van der Waals surface area contributed by atoms with E-state index >= 15 is 0 Å². The summed E-state index contributed by atoms with van der Waals surface area (Å²) in [4.78, 5) is 21.2. The van der Waals surface area contributed by atoms with E-state index in [4.69, 9.17) is 11.5 Å². The second-order valence-electron chi connectivity index (χ2n) is 4.80. The Labute approximate surface area is 133 Å². The highest BCUT2D eigenvalue weighted by molar-refractivity contribution is 5.73. The van der Waals surface area contributed by atoms with Gasteiger partial charge in [-0.05, 0) is 41.8 Å². The first kappa shape index (κ1) is 16.0. The van der Waals surface area contributed by atoms with Gasteiger partial charge in [0.1, 0.15) is 0 Å². The maximum absolute atomic E-state index is 10.6. The molecule has 8 N–H and O–H groups in total. The van der Waals surface area contributed by atoms with E-state index in [1.807, 2.05) is 48.5 Å². The summed E-state index contributed by atoms with van der Waals surface area (Å²) in [5.41, 5.74) is 23.6. The molecule has 0 heterocycles. The molecule has 0 aliphatic carbocycles. The van der Waals surface area contributed by atoms with Crippen LogP contribution >= 0.6 is 0 Å². The number of hydrogen-bond donors (Lipinski definition) is 6. The third kappa shape index (κ3) is 5.46. The second kappa shape index (κ2) is 7.55. The molecule has 0 spiro atoms. The topological polar surface area (TPSA) is 134 Å². The summed E-state index contributed by atoms with van der Waals surface area (Å²) < 4.78 is 0. The molecule has 0 unspecified atom stereocenters. The number of hydrazine groups is 2. The highest BCUT2D eigenvalue weighted by Crippen LogP contribution is 2.15. The van der Waals surface area contributed by atoms with Crippen LogP contribution in [0.5, 0.6) is 0 Å². The molecule has 2 aromatic carbocycles. The van der Waals surface area contributed by atoms with Crippen molar-refractivity contribution in [3.05, 3.63) is 59.7 Å². The zero-order valence-corrected chi connectivity index (χ0v) is 12.3. The Kier molecular flexibility index (Phi) is 5.24. The van der Waals surface area contributed by atoms with Crippen molar-refractivity contribution in [3.63, 3.8) is 0 Å². The van der Waals surface area contributed by atoms with Crippen LogP contribution in [0.4, 0.5) is 21.0 Å². The van der Waals surface area contributed by atoms with E-state index in [1.165, 1.54) is 0 Å². The summed E-state index contributed by atoms with van der Waals surface area (Å²) in [6.45, 7) is 0. The van der Waals surface area contributed by atoms with Gasteiger partial charge in [0.15, 0.2) is 0 Å². The first-order valence-corrected chi connectivity index (χ1v) is 6.84. The van der Waals surface area contributed by atoms with Crippen LogP contribution < -0.4 is 33.2 Å². The SMILES string of the molecule is NC(=O)NNc1ccc(Cc2ccc(NNC(N)=O)cc2)cc1. The predicted octanol–water partition coefficient (Wildman–Crippen LogP) is 1.27. The number of anilines is 2. The molecule has 0 radical (unpaired) electrons. The second-order valence-corrected chi connectivity index (χ2v) is 4.80. The minimum atomic E-state index is -0.645. The molecule has 23 heavy (non-hydrogen) atoms. The summed E-state index contributed by atoms with van der Waals surface area (Å²) in [7, 11) is 0. The minimum Gasteiger partial charge on any atom is -0.350 e. The van der Waals surface area contributed by atoms with Crippen LogP contribution in [0.25, 0.3) is 0 Å². The van der Waals surface area contributed by atoms with Crippen LogP contribution in [0.15, 0.2) is 48.5 Å². The molecule has 0 saturated heterocycles. The summed E-state index contributed by atoms with van der Waals surface area (Å²) in [6.07, 6.45) is 0.757. The number of rotatable bonds is 6. The average Bonchev–Trinajstić information content (AvgIpc) is 2.53. The molecular weight excluding hydrogens is 296 g/mol. The minimum absolute atomic E-state index is 0.645. The van der Waals surface area contributed by atoms with Gasteiger partial charge < -0.3 is 11.5 Å². The van der Waals surface area contributed by atoms with Gasteiger partial charge in [0.05, 0.1) is 11.4 Å². The van der Waals surface area contributed by atoms with Crippen molar-refractivity contribution in [1.29, 1.82) is 0 Å². The summed E-state index contributed by atoms with van der Waals surface area (Å²) in [5.74, 6) is 0. The van der Waals surface area contributed by atoms with Crippen LogP contribution in [0.1, 0.15) is 11.1 Å². The number of benzene rings is 2. The van der Waals surface area contributed by atoms with Gasteiger partial charge in [-0.1, -0.05) is 24.3 Å². The molecule has 2 rings (SSSR count). The molecule has 8 nitrogen and oxygen atoms in total. The number of nitrogens with two attached hydrogens (primary N) is 2. The van der Waals surface area contributed by atoms with E-state index in [0.29, 0.717) is 0 Å².